The van der Waals surface area contributed by atoms with E-state index in [1.54, 1.807) is 11.3 Å². The first-order valence-electron chi connectivity index (χ1n) is 7.88. The van der Waals surface area contributed by atoms with E-state index in [-0.39, 0.29) is 23.6 Å². The number of rotatable bonds is 3. The van der Waals surface area contributed by atoms with Crippen molar-refractivity contribution in [1.82, 2.24) is 15.2 Å². The zero-order chi connectivity index (χ0) is 16.3. The molecule has 22 heavy (non-hydrogen) atoms. The van der Waals surface area contributed by atoms with Gasteiger partial charge in [0.25, 0.3) is 0 Å². The van der Waals surface area contributed by atoms with Gasteiger partial charge in [0.1, 0.15) is 0 Å². The van der Waals surface area contributed by atoms with Gasteiger partial charge in [-0.05, 0) is 13.8 Å². The van der Waals surface area contributed by atoms with Crippen molar-refractivity contribution >= 4 is 17.4 Å². The second kappa shape index (κ2) is 6.96. The number of ether oxygens (including phenoxy) is 1. The van der Waals surface area contributed by atoms with Crippen LogP contribution in [0.5, 0.6) is 0 Å². The maximum atomic E-state index is 12.3. The molecule has 0 aliphatic carbocycles. The van der Waals surface area contributed by atoms with Gasteiger partial charge in [0.05, 0.1) is 29.5 Å². The number of amides is 2. The number of hydrogen-bond donors (Lipinski definition) is 1. The topological polar surface area (TPSA) is 54.5 Å². The monoisotopic (exact) mass is 325 g/mol. The maximum Gasteiger partial charge on any atom is 0.317 e. The standard InChI is InChI=1S/C16H27N3O2S/c1-11-9-21-12(2)8-19(11)15(20)17-7-6-13-10-22-14(18-13)16(3,4)5/h10-12H,6-9H2,1-5H3,(H,17,20)/t11-,12+/m1/s1. The quantitative estimate of drug-likeness (QED) is 0.930. The molecule has 1 aromatic rings. The highest BCUT2D eigenvalue weighted by Crippen LogP contribution is 2.25. The van der Waals surface area contributed by atoms with Gasteiger partial charge in [-0.2, -0.15) is 0 Å². The Labute approximate surface area is 137 Å². The van der Waals surface area contributed by atoms with Crippen LogP contribution in [0.15, 0.2) is 5.38 Å². The van der Waals surface area contributed by atoms with Crippen LogP contribution in [0.1, 0.15) is 45.3 Å². The van der Waals surface area contributed by atoms with Crippen molar-refractivity contribution in [2.75, 3.05) is 19.7 Å². The van der Waals surface area contributed by atoms with Crippen molar-refractivity contribution in [3.8, 4) is 0 Å². The molecule has 2 heterocycles. The zero-order valence-electron chi connectivity index (χ0n) is 14.2. The maximum absolute atomic E-state index is 12.3. The average Bonchev–Trinajstić information content (AvgIpc) is 2.90. The fraction of sp³-hybridized carbons (Fsp3) is 0.750. The average molecular weight is 325 g/mol. The van der Waals surface area contributed by atoms with Crippen LogP contribution >= 0.6 is 11.3 Å². The number of thiazole rings is 1. The number of nitrogens with one attached hydrogen (secondary N) is 1. The van der Waals surface area contributed by atoms with E-state index < -0.39 is 0 Å². The Morgan fingerprint density at radius 2 is 2.23 bits per heavy atom. The molecule has 1 fully saturated rings. The van der Waals surface area contributed by atoms with Gasteiger partial charge in [-0.25, -0.2) is 9.78 Å². The number of urea groups is 1. The third-order valence-corrected chi connectivity index (χ3v) is 5.04. The van der Waals surface area contributed by atoms with Gasteiger partial charge in [0, 0.05) is 30.3 Å². The van der Waals surface area contributed by atoms with Gasteiger partial charge < -0.3 is 15.0 Å². The predicted molar refractivity (Wildman–Crippen MR) is 89.5 cm³/mol. The number of carbonyl (C=O) groups excluding carboxylic acids is 1. The Hall–Kier alpha value is -1.14. The molecular weight excluding hydrogens is 298 g/mol. The second-order valence-electron chi connectivity index (χ2n) is 7.02. The summed E-state index contributed by atoms with van der Waals surface area (Å²) in [5.74, 6) is 0. The van der Waals surface area contributed by atoms with Crippen LogP contribution in [0.3, 0.4) is 0 Å². The molecule has 0 saturated carbocycles. The number of morpholine rings is 1. The summed E-state index contributed by atoms with van der Waals surface area (Å²) in [5.41, 5.74) is 1.14. The van der Waals surface area contributed by atoms with Crippen LogP contribution in [-0.2, 0) is 16.6 Å². The van der Waals surface area contributed by atoms with Crippen molar-refractivity contribution in [2.45, 2.75) is 58.6 Å². The molecule has 1 aromatic heterocycles. The van der Waals surface area contributed by atoms with Crippen molar-refractivity contribution in [3.63, 3.8) is 0 Å². The number of carbonyl (C=O) groups is 1. The van der Waals surface area contributed by atoms with Gasteiger partial charge in [0.15, 0.2) is 0 Å². The molecule has 6 heteroatoms. The zero-order valence-corrected chi connectivity index (χ0v) is 15.0. The molecule has 0 spiro atoms. The molecule has 1 aliphatic heterocycles. The summed E-state index contributed by atoms with van der Waals surface area (Å²) in [7, 11) is 0. The van der Waals surface area contributed by atoms with Crippen molar-refractivity contribution in [1.29, 1.82) is 0 Å². The van der Waals surface area contributed by atoms with Gasteiger partial charge in [0.2, 0.25) is 0 Å². The molecule has 5 nitrogen and oxygen atoms in total. The first-order valence-corrected chi connectivity index (χ1v) is 8.76. The lowest BCUT2D eigenvalue weighted by Crippen LogP contribution is -2.53. The fourth-order valence-corrected chi connectivity index (χ4v) is 3.29. The lowest BCUT2D eigenvalue weighted by molar-refractivity contribution is -0.0317. The molecule has 1 saturated heterocycles. The van der Waals surface area contributed by atoms with E-state index in [0.717, 1.165) is 17.1 Å². The fourth-order valence-electron chi connectivity index (χ4n) is 2.35. The van der Waals surface area contributed by atoms with E-state index in [2.05, 4.69) is 36.5 Å². The highest BCUT2D eigenvalue weighted by molar-refractivity contribution is 7.09. The summed E-state index contributed by atoms with van der Waals surface area (Å²) in [6.07, 6.45) is 0.877. The van der Waals surface area contributed by atoms with Crippen LogP contribution in [0, 0.1) is 0 Å². The van der Waals surface area contributed by atoms with E-state index in [0.29, 0.717) is 19.7 Å². The Morgan fingerprint density at radius 3 is 2.86 bits per heavy atom. The van der Waals surface area contributed by atoms with E-state index in [9.17, 15) is 4.79 Å². The van der Waals surface area contributed by atoms with Crippen LogP contribution in [0.25, 0.3) is 0 Å². The first-order chi connectivity index (χ1) is 10.3. The summed E-state index contributed by atoms with van der Waals surface area (Å²) >= 11 is 1.69. The van der Waals surface area contributed by atoms with Gasteiger partial charge in [-0.15, -0.1) is 11.3 Å². The van der Waals surface area contributed by atoms with E-state index >= 15 is 0 Å². The minimum atomic E-state index is -0.00563. The molecule has 0 unspecified atom stereocenters. The second-order valence-corrected chi connectivity index (χ2v) is 7.88. The molecule has 2 atom stereocenters. The summed E-state index contributed by atoms with van der Waals surface area (Å²) in [6, 6.07) is 0.122. The lowest BCUT2D eigenvalue weighted by Gasteiger charge is -2.36. The number of nitrogens with zero attached hydrogens (tertiary/aromatic N) is 2. The predicted octanol–water partition coefficient (Wildman–Crippen LogP) is 2.80. The molecular formula is C16H27N3O2S. The van der Waals surface area contributed by atoms with Crippen LogP contribution < -0.4 is 5.32 Å². The van der Waals surface area contributed by atoms with Gasteiger partial charge in [-0.3, -0.25) is 0 Å². The normalized spacial score (nSPS) is 22.7. The Kier molecular flexibility index (Phi) is 5.45. The number of hydrogen-bond acceptors (Lipinski definition) is 4. The molecule has 2 rings (SSSR count). The summed E-state index contributed by atoms with van der Waals surface area (Å²) in [6.45, 7) is 12.4. The number of aromatic nitrogens is 1. The Morgan fingerprint density at radius 1 is 1.50 bits per heavy atom. The molecule has 2 amide bonds. The van der Waals surface area contributed by atoms with Gasteiger partial charge >= 0.3 is 6.03 Å². The van der Waals surface area contributed by atoms with Crippen LogP contribution in [-0.4, -0.2) is 47.8 Å². The lowest BCUT2D eigenvalue weighted by atomic mass is 9.98. The minimum Gasteiger partial charge on any atom is -0.375 e. The smallest absolute Gasteiger partial charge is 0.317 e. The molecule has 0 bridgehead atoms. The van der Waals surface area contributed by atoms with Crippen molar-refractivity contribution < 1.29 is 9.53 Å². The van der Waals surface area contributed by atoms with Crippen molar-refractivity contribution in [2.24, 2.45) is 0 Å². The van der Waals surface area contributed by atoms with E-state index in [1.807, 2.05) is 18.7 Å². The summed E-state index contributed by atoms with van der Waals surface area (Å²) in [5, 5.41) is 6.23. The molecule has 1 N–H and O–H groups in total. The van der Waals surface area contributed by atoms with Crippen molar-refractivity contribution in [3.05, 3.63) is 16.1 Å². The Bertz CT molecular complexity index is 510. The SMILES string of the molecule is C[C@@H]1CO[C@@H](C)CN1C(=O)NCCc1csc(C(C)(C)C)n1. The summed E-state index contributed by atoms with van der Waals surface area (Å²) in [4.78, 5) is 18.8. The van der Waals surface area contributed by atoms with E-state index in [4.69, 9.17) is 4.74 Å². The van der Waals surface area contributed by atoms with E-state index in [1.165, 1.54) is 0 Å². The highest BCUT2D eigenvalue weighted by atomic mass is 32.1. The molecule has 0 radical (unpaired) electrons. The van der Waals surface area contributed by atoms with Crippen LogP contribution in [0.2, 0.25) is 0 Å². The van der Waals surface area contributed by atoms with Crippen LogP contribution in [0.4, 0.5) is 4.79 Å². The minimum absolute atomic E-state index is 0.00563. The third-order valence-electron chi connectivity index (χ3n) is 3.72. The molecule has 1 aliphatic rings. The summed E-state index contributed by atoms with van der Waals surface area (Å²) < 4.78 is 5.55. The van der Waals surface area contributed by atoms with Gasteiger partial charge in [-0.1, -0.05) is 20.8 Å². The highest BCUT2D eigenvalue weighted by Gasteiger charge is 2.27. The largest absolute Gasteiger partial charge is 0.375 e. The first kappa shape index (κ1) is 17.2. The molecule has 124 valence electrons. The third kappa shape index (κ3) is 4.43. The Balaban J connectivity index is 1.80. The molecule has 0 aromatic carbocycles.